The molecule has 0 saturated heterocycles. The summed E-state index contributed by atoms with van der Waals surface area (Å²) >= 11 is 0. The maximum atomic E-state index is 12.1. The van der Waals surface area contributed by atoms with E-state index >= 15 is 0 Å². The fourth-order valence-corrected chi connectivity index (χ4v) is 4.09. The summed E-state index contributed by atoms with van der Waals surface area (Å²) in [6.07, 6.45) is 0. The molecule has 2 rings (SSSR count). The van der Waals surface area contributed by atoms with Crippen LogP contribution in [-0.4, -0.2) is 37.8 Å². The molecule has 98 valence electrons. The van der Waals surface area contributed by atoms with Gasteiger partial charge in [-0.3, -0.25) is 4.79 Å². The van der Waals surface area contributed by atoms with Gasteiger partial charge in [-0.05, 0) is 31.5 Å². The summed E-state index contributed by atoms with van der Waals surface area (Å²) in [5.74, 6) is -1.01. The summed E-state index contributed by atoms with van der Waals surface area (Å²) in [4.78, 5) is 12.7. The van der Waals surface area contributed by atoms with E-state index in [2.05, 4.69) is 0 Å². The first-order valence-electron chi connectivity index (χ1n) is 5.63. The van der Waals surface area contributed by atoms with Crippen molar-refractivity contribution in [3.63, 3.8) is 0 Å². The maximum Gasteiger partial charge on any atom is 0.323 e. The maximum absolute atomic E-state index is 12.1. The van der Waals surface area contributed by atoms with E-state index in [9.17, 15) is 13.2 Å². The number of anilines is 1. The average molecular weight is 269 g/mol. The summed E-state index contributed by atoms with van der Waals surface area (Å²) in [7, 11) is -3.32. The Balaban J connectivity index is 2.58. The SMILES string of the molecule is Cc1ccc2c(c1)S(=O)(=O)CC(C)N2CC(=O)O. The van der Waals surface area contributed by atoms with Gasteiger partial charge in [0.1, 0.15) is 6.54 Å². The zero-order valence-corrected chi connectivity index (χ0v) is 11.1. The van der Waals surface area contributed by atoms with E-state index < -0.39 is 15.8 Å². The molecule has 1 aliphatic rings. The predicted octanol–water partition coefficient (Wildman–Crippen LogP) is 1.06. The molecule has 1 atom stereocenters. The first-order valence-corrected chi connectivity index (χ1v) is 7.28. The molecule has 0 spiro atoms. The largest absolute Gasteiger partial charge is 0.480 e. The normalized spacial score (nSPS) is 21.4. The number of sulfone groups is 1. The highest BCUT2D eigenvalue weighted by molar-refractivity contribution is 7.91. The second-order valence-corrected chi connectivity index (χ2v) is 6.63. The number of aryl methyl sites for hydroxylation is 1. The topological polar surface area (TPSA) is 74.7 Å². The van der Waals surface area contributed by atoms with Gasteiger partial charge in [0.2, 0.25) is 0 Å². The molecule has 0 aromatic heterocycles. The van der Waals surface area contributed by atoms with Crippen LogP contribution in [-0.2, 0) is 14.6 Å². The Morgan fingerprint density at radius 2 is 2.17 bits per heavy atom. The van der Waals surface area contributed by atoms with E-state index in [4.69, 9.17) is 5.11 Å². The van der Waals surface area contributed by atoms with Crippen molar-refractivity contribution in [2.75, 3.05) is 17.2 Å². The fraction of sp³-hybridized carbons (Fsp3) is 0.417. The number of nitrogens with zero attached hydrogens (tertiary/aromatic N) is 1. The highest BCUT2D eigenvalue weighted by Gasteiger charge is 2.34. The summed E-state index contributed by atoms with van der Waals surface area (Å²) in [6, 6.07) is 4.74. The lowest BCUT2D eigenvalue weighted by Gasteiger charge is -2.35. The van der Waals surface area contributed by atoms with Crippen LogP contribution in [0.25, 0.3) is 0 Å². The van der Waals surface area contributed by atoms with Gasteiger partial charge in [-0.15, -0.1) is 0 Å². The van der Waals surface area contributed by atoms with Crippen molar-refractivity contribution in [1.29, 1.82) is 0 Å². The fourth-order valence-electron chi connectivity index (χ4n) is 2.23. The van der Waals surface area contributed by atoms with Gasteiger partial charge in [-0.25, -0.2) is 8.42 Å². The Hall–Kier alpha value is -1.56. The Bertz CT molecular complexity index is 594. The molecule has 18 heavy (non-hydrogen) atoms. The van der Waals surface area contributed by atoms with Gasteiger partial charge in [0.25, 0.3) is 0 Å². The smallest absolute Gasteiger partial charge is 0.323 e. The van der Waals surface area contributed by atoms with E-state index in [1.165, 1.54) is 0 Å². The monoisotopic (exact) mass is 269 g/mol. The lowest BCUT2D eigenvalue weighted by atomic mass is 10.2. The third kappa shape index (κ3) is 2.20. The van der Waals surface area contributed by atoms with Crippen LogP contribution in [0.3, 0.4) is 0 Å². The molecule has 0 fully saturated rings. The molecular formula is C12H15NO4S. The van der Waals surface area contributed by atoms with E-state index in [0.29, 0.717) is 5.69 Å². The Morgan fingerprint density at radius 1 is 1.50 bits per heavy atom. The van der Waals surface area contributed by atoms with Crippen LogP contribution < -0.4 is 4.90 Å². The quantitative estimate of drug-likeness (QED) is 0.869. The number of hydrogen-bond acceptors (Lipinski definition) is 4. The van der Waals surface area contributed by atoms with Gasteiger partial charge in [0, 0.05) is 6.04 Å². The van der Waals surface area contributed by atoms with E-state index in [1.54, 1.807) is 30.0 Å². The number of fused-ring (bicyclic) bond motifs is 1. The van der Waals surface area contributed by atoms with Crippen LogP contribution in [0.1, 0.15) is 12.5 Å². The van der Waals surface area contributed by atoms with Crippen LogP contribution in [0.15, 0.2) is 23.1 Å². The molecule has 1 N–H and O–H groups in total. The van der Waals surface area contributed by atoms with Crippen molar-refractivity contribution in [1.82, 2.24) is 0 Å². The first-order chi connectivity index (χ1) is 8.31. The predicted molar refractivity (Wildman–Crippen MR) is 67.7 cm³/mol. The van der Waals surface area contributed by atoms with Gasteiger partial charge in [-0.1, -0.05) is 6.07 Å². The van der Waals surface area contributed by atoms with Gasteiger partial charge < -0.3 is 10.0 Å². The Kier molecular flexibility index (Phi) is 3.06. The highest BCUT2D eigenvalue weighted by Crippen LogP contribution is 2.33. The molecule has 0 radical (unpaired) electrons. The van der Waals surface area contributed by atoms with Crippen LogP contribution in [0.5, 0.6) is 0 Å². The van der Waals surface area contributed by atoms with Crippen molar-refractivity contribution in [3.05, 3.63) is 23.8 Å². The molecule has 0 aliphatic carbocycles. The molecule has 6 heteroatoms. The third-order valence-corrected chi connectivity index (χ3v) is 4.98. The number of rotatable bonds is 2. The third-order valence-electron chi connectivity index (χ3n) is 3.06. The van der Waals surface area contributed by atoms with Gasteiger partial charge in [0.05, 0.1) is 16.3 Å². The number of hydrogen-bond donors (Lipinski definition) is 1. The number of carbonyl (C=O) groups is 1. The lowest BCUT2D eigenvalue weighted by molar-refractivity contribution is -0.135. The minimum Gasteiger partial charge on any atom is -0.480 e. The zero-order chi connectivity index (χ0) is 13.5. The number of aliphatic carboxylic acids is 1. The van der Waals surface area contributed by atoms with Crippen molar-refractivity contribution in [3.8, 4) is 0 Å². The van der Waals surface area contributed by atoms with Crippen LogP contribution >= 0.6 is 0 Å². The Labute approximate surface area is 106 Å². The van der Waals surface area contributed by atoms with E-state index in [0.717, 1.165) is 5.56 Å². The summed E-state index contributed by atoms with van der Waals surface area (Å²) in [5, 5.41) is 8.90. The minimum absolute atomic E-state index is 0.0449. The van der Waals surface area contributed by atoms with Crippen molar-refractivity contribution >= 4 is 21.5 Å². The van der Waals surface area contributed by atoms with Crippen LogP contribution in [0.4, 0.5) is 5.69 Å². The number of carboxylic acid groups (broad SMARTS) is 1. The molecule has 0 amide bonds. The summed E-state index contributed by atoms with van der Waals surface area (Å²) in [5.41, 5.74) is 1.34. The number of carboxylic acids is 1. The molecule has 1 heterocycles. The van der Waals surface area contributed by atoms with Crippen molar-refractivity contribution in [2.45, 2.75) is 24.8 Å². The van der Waals surface area contributed by atoms with Gasteiger partial charge in [0.15, 0.2) is 9.84 Å². The van der Waals surface area contributed by atoms with Crippen molar-refractivity contribution in [2.24, 2.45) is 0 Å². The van der Waals surface area contributed by atoms with Crippen LogP contribution in [0.2, 0.25) is 0 Å². The van der Waals surface area contributed by atoms with Gasteiger partial charge in [-0.2, -0.15) is 0 Å². The second-order valence-electron chi connectivity index (χ2n) is 4.62. The first kappa shape index (κ1) is 12.9. The summed E-state index contributed by atoms with van der Waals surface area (Å²) < 4.78 is 24.2. The standard InChI is InChI=1S/C12H15NO4S/c1-8-3-4-10-11(5-8)18(16,17)7-9(2)13(10)6-12(14)15/h3-5,9H,6-7H2,1-2H3,(H,14,15). The van der Waals surface area contributed by atoms with Crippen LogP contribution in [0, 0.1) is 6.92 Å². The molecule has 5 nitrogen and oxygen atoms in total. The molecule has 1 aliphatic heterocycles. The Morgan fingerprint density at radius 3 is 2.78 bits per heavy atom. The number of benzene rings is 1. The highest BCUT2D eigenvalue weighted by atomic mass is 32.2. The zero-order valence-electron chi connectivity index (χ0n) is 10.3. The second kappa shape index (κ2) is 4.28. The van der Waals surface area contributed by atoms with Gasteiger partial charge >= 0.3 is 5.97 Å². The average Bonchev–Trinajstić information content (AvgIpc) is 2.23. The van der Waals surface area contributed by atoms with E-state index in [1.807, 2.05) is 6.92 Å². The van der Waals surface area contributed by atoms with Crippen molar-refractivity contribution < 1.29 is 18.3 Å². The molecular weight excluding hydrogens is 254 g/mol. The molecule has 1 unspecified atom stereocenters. The van der Waals surface area contributed by atoms with E-state index in [-0.39, 0.29) is 23.2 Å². The minimum atomic E-state index is -3.32. The summed E-state index contributed by atoms with van der Waals surface area (Å²) in [6.45, 7) is 3.35. The molecule has 0 saturated carbocycles. The molecule has 1 aromatic rings. The molecule has 1 aromatic carbocycles. The molecule has 0 bridgehead atoms. The lowest BCUT2D eigenvalue weighted by Crippen LogP contribution is -2.45.